The molecule has 0 fully saturated rings. The van der Waals surface area contributed by atoms with E-state index in [2.05, 4.69) is 20.6 Å². The normalized spacial score (nSPS) is 11.4. The number of hydrogen-bond donors (Lipinski definition) is 2. The van der Waals surface area contributed by atoms with Crippen LogP contribution in [0, 0.1) is 10.1 Å². The Hall–Kier alpha value is -3.28. The van der Waals surface area contributed by atoms with Crippen LogP contribution in [-0.4, -0.2) is 40.7 Å². The summed E-state index contributed by atoms with van der Waals surface area (Å²) in [5.74, 6) is -0.00541. The first kappa shape index (κ1) is 24.4. The van der Waals surface area contributed by atoms with Gasteiger partial charge in [0.15, 0.2) is 0 Å². The summed E-state index contributed by atoms with van der Waals surface area (Å²) in [4.78, 5) is 19.3. The van der Waals surface area contributed by atoms with Crippen molar-refractivity contribution in [2.75, 3.05) is 23.7 Å². The Kier molecular flexibility index (Phi) is 7.79. The molecular formula is C21H23ClN6O4S. The topological polar surface area (TPSA) is 130 Å². The predicted molar refractivity (Wildman–Crippen MR) is 127 cm³/mol. The van der Waals surface area contributed by atoms with Crippen molar-refractivity contribution in [1.82, 2.24) is 14.3 Å². The summed E-state index contributed by atoms with van der Waals surface area (Å²) in [6.45, 7) is 4.48. The van der Waals surface area contributed by atoms with Gasteiger partial charge in [0, 0.05) is 30.3 Å². The number of nitrogens with zero attached hydrogens (tertiary/aromatic N) is 4. The van der Waals surface area contributed by atoms with Crippen LogP contribution in [0.3, 0.4) is 0 Å². The number of anilines is 3. The molecule has 174 valence electrons. The van der Waals surface area contributed by atoms with Crippen LogP contribution >= 0.6 is 11.6 Å². The van der Waals surface area contributed by atoms with Crippen molar-refractivity contribution in [3.8, 4) is 0 Å². The summed E-state index contributed by atoms with van der Waals surface area (Å²) < 4.78 is 26.6. The van der Waals surface area contributed by atoms with Gasteiger partial charge in [-0.05, 0) is 35.9 Å². The highest BCUT2D eigenvalue weighted by Crippen LogP contribution is 2.32. The number of rotatable bonds is 10. The molecule has 1 heterocycles. The van der Waals surface area contributed by atoms with Crippen molar-refractivity contribution >= 4 is 44.6 Å². The van der Waals surface area contributed by atoms with Gasteiger partial charge < -0.3 is 10.6 Å². The van der Waals surface area contributed by atoms with E-state index in [0.717, 1.165) is 5.56 Å². The van der Waals surface area contributed by atoms with Crippen LogP contribution in [0.15, 0.2) is 59.8 Å². The Labute approximate surface area is 196 Å². The third-order valence-electron chi connectivity index (χ3n) is 4.87. The highest BCUT2D eigenvalue weighted by atomic mass is 35.5. The van der Waals surface area contributed by atoms with Crippen molar-refractivity contribution < 1.29 is 13.3 Å². The number of aromatic nitrogens is 2. The molecule has 3 aromatic rings. The van der Waals surface area contributed by atoms with Crippen LogP contribution in [-0.2, 0) is 16.6 Å². The van der Waals surface area contributed by atoms with Crippen LogP contribution in [0.25, 0.3) is 0 Å². The second-order valence-corrected chi connectivity index (χ2v) is 9.21. The van der Waals surface area contributed by atoms with Gasteiger partial charge in [-0.1, -0.05) is 43.6 Å². The fraction of sp³-hybridized carbons (Fsp3) is 0.238. The maximum absolute atomic E-state index is 12.6. The fourth-order valence-electron chi connectivity index (χ4n) is 3.15. The van der Waals surface area contributed by atoms with Gasteiger partial charge in [0.2, 0.25) is 21.7 Å². The average Bonchev–Trinajstić information content (AvgIpc) is 2.79. The lowest BCUT2D eigenvalue weighted by Gasteiger charge is -2.18. The van der Waals surface area contributed by atoms with E-state index in [1.807, 2.05) is 6.07 Å². The minimum atomic E-state index is -3.61. The van der Waals surface area contributed by atoms with E-state index >= 15 is 0 Å². The molecule has 2 aromatic carbocycles. The average molecular weight is 491 g/mol. The maximum Gasteiger partial charge on any atom is 0.353 e. The van der Waals surface area contributed by atoms with Crippen molar-refractivity contribution in [2.45, 2.75) is 25.3 Å². The molecule has 0 radical (unpaired) electrons. The van der Waals surface area contributed by atoms with Gasteiger partial charge >= 0.3 is 5.69 Å². The van der Waals surface area contributed by atoms with E-state index in [1.54, 1.807) is 32.0 Å². The molecule has 0 unspecified atom stereocenters. The molecule has 0 aliphatic rings. The highest BCUT2D eigenvalue weighted by molar-refractivity contribution is 7.89. The number of nitrogens with one attached hydrogen (secondary N) is 2. The maximum atomic E-state index is 12.6. The molecule has 0 saturated heterocycles. The first-order chi connectivity index (χ1) is 15.8. The van der Waals surface area contributed by atoms with Crippen LogP contribution in [0.2, 0.25) is 5.02 Å². The third kappa shape index (κ3) is 5.56. The van der Waals surface area contributed by atoms with Gasteiger partial charge in [-0.25, -0.2) is 18.4 Å². The van der Waals surface area contributed by atoms with Gasteiger partial charge in [0.25, 0.3) is 0 Å². The van der Waals surface area contributed by atoms with Gasteiger partial charge in [-0.3, -0.25) is 10.1 Å². The van der Waals surface area contributed by atoms with E-state index in [-0.39, 0.29) is 28.8 Å². The summed E-state index contributed by atoms with van der Waals surface area (Å²) in [5, 5.41) is 18.1. The molecule has 0 saturated carbocycles. The Morgan fingerprint density at radius 2 is 1.67 bits per heavy atom. The lowest BCUT2D eigenvalue weighted by Crippen LogP contribution is -2.30. The first-order valence-corrected chi connectivity index (χ1v) is 11.9. The second-order valence-electron chi connectivity index (χ2n) is 6.86. The van der Waals surface area contributed by atoms with E-state index in [9.17, 15) is 18.5 Å². The zero-order chi connectivity index (χ0) is 24.0. The molecular weight excluding hydrogens is 468 g/mol. The Morgan fingerprint density at radius 1 is 1.03 bits per heavy atom. The largest absolute Gasteiger partial charge is 0.360 e. The zero-order valence-corrected chi connectivity index (χ0v) is 19.6. The van der Waals surface area contributed by atoms with Gasteiger partial charge in [0.1, 0.15) is 6.33 Å². The van der Waals surface area contributed by atoms with E-state index < -0.39 is 14.9 Å². The lowest BCUT2D eigenvalue weighted by atomic mass is 10.2. The molecule has 3 rings (SSSR count). The summed E-state index contributed by atoms with van der Waals surface area (Å²) in [6, 6.07) is 13.1. The van der Waals surface area contributed by atoms with Crippen LogP contribution in [0.1, 0.15) is 19.4 Å². The van der Waals surface area contributed by atoms with Gasteiger partial charge in [0.05, 0.1) is 9.82 Å². The molecule has 33 heavy (non-hydrogen) atoms. The number of hydrogen-bond acceptors (Lipinski definition) is 8. The summed E-state index contributed by atoms with van der Waals surface area (Å²) in [7, 11) is -3.61. The molecule has 12 heteroatoms. The van der Waals surface area contributed by atoms with Crippen molar-refractivity contribution in [1.29, 1.82) is 0 Å². The Morgan fingerprint density at radius 3 is 2.27 bits per heavy atom. The molecule has 0 atom stereocenters. The molecule has 0 bridgehead atoms. The molecule has 2 N–H and O–H groups in total. The summed E-state index contributed by atoms with van der Waals surface area (Å²) in [5.41, 5.74) is 0.850. The monoisotopic (exact) mass is 490 g/mol. The van der Waals surface area contributed by atoms with E-state index in [1.165, 1.54) is 34.9 Å². The zero-order valence-electron chi connectivity index (χ0n) is 18.0. The fourth-order valence-corrected chi connectivity index (χ4v) is 4.81. The predicted octanol–water partition coefficient (Wildman–Crippen LogP) is 4.42. The SMILES string of the molecule is CCN(CC)S(=O)(=O)c1ccc(Nc2ncnc(NCc3ccccc3Cl)c2[N+](=O)[O-])cc1. The third-order valence-corrected chi connectivity index (χ3v) is 7.30. The number of sulfonamides is 1. The molecule has 10 nitrogen and oxygen atoms in total. The standard InChI is InChI=1S/C21H23ClN6O4S/c1-3-27(4-2)33(31,32)17-11-9-16(10-12-17)26-21-19(28(29)30)20(24-14-25-21)23-13-15-7-5-6-8-18(15)22/h5-12,14H,3-4,13H2,1-2H3,(H2,23,24,25,26). The van der Waals surface area contributed by atoms with E-state index in [0.29, 0.717) is 23.8 Å². The molecule has 0 aliphatic heterocycles. The summed E-state index contributed by atoms with van der Waals surface area (Å²) in [6.07, 6.45) is 1.20. The van der Waals surface area contributed by atoms with Crippen molar-refractivity contribution in [2.24, 2.45) is 0 Å². The number of nitro groups is 1. The van der Waals surface area contributed by atoms with Gasteiger partial charge in [-0.2, -0.15) is 4.31 Å². The van der Waals surface area contributed by atoms with Crippen LogP contribution in [0.4, 0.5) is 23.0 Å². The lowest BCUT2D eigenvalue weighted by molar-refractivity contribution is -0.383. The molecule has 0 spiro atoms. The van der Waals surface area contributed by atoms with Gasteiger partial charge in [-0.15, -0.1) is 0 Å². The summed E-state index contributed by atoms with van der Waals surface area (Å²) >= 11 is 6.15. The van der Waals surface area contributed by atoms with E-state index in [4.69, 9.17) is 11.6 Å². The molecule has 0 aliphatic carbocycles. The minimum absolute atomic E-state index is 0.0261. The van der Waals surface area contributed by atoms with Crippen LogP contribution < -0.4 is 10.6 Å². The first-order valence-electron chi connectivity index (χ1n) is 10.1. The molecule has 0 amide bonds. The van der Waals surface area contributed by atoms with Crippen LogP contribution in [0.5, 0.6) is 0 Å². The number of benzene rings is 2. The van der Waals surface area contributed by atoms with Crippen molar-refractivity contribution in [3.05, 3.63) is 75.6 Å². The number of halogens is 1. The molecule has 1 aromatic heterocycles. The minimum Gasteiger partial charge on any atom is -0.360 e. The quantitative estimate of drug-likeness (QED) is 0.315. The Balaban J connectivity index is 1.84. The highest BCUT2D eigenvalue weighted by Gasteiger charge is 2.24. The van der Waals surface area contributed by atoms with Crippen molar-refractivity contribution in [3.63, 3.8) is 0 Å². The second kappa shape index (κ2) is 10.6. The smallest absolute Gasteiger partial charge is 0.353 e. The Bertz CT molecular complexity index is 1230.